The molecule has 2 saturated carbocycles. The van der Waals surface area contributed by atoms with Gasteiger partial charge in [-0.05, 0) is 68.9 Å². The van der Waals surface area contributed by atoms with Gasteiger partial charge in [0.15, 0.2) is 0 Å². The average Bonchev–Trinajstić information content (AvgIpc) is 3.54. The van der Waals surface area contributed by atoms with Crippen molar-refractivity contribution in [2.24, 2.45) is 16.7 Å². The van der Waals surface area contributed by atoms with Gasteiger partial charge < -0.3 is 24.6 Å². The number of hydrogen-bond donors (Lipinski definition) is 2. The molecule has 2 aromatic carbocycles. The number of hydrogen-bond acceptors (Lipinski definition) is 11. The molecule has 1 atom stereocenters. The summed E-state index contributed by atoms with van der Waals surface area (Å²) in [5.74, 6) is 1.38. The van der Waals surface area contributed by atoms with Crippen molar-refractivity contribution in [2.75, 3.05) is 24.5 Å². The summed E-state index contributed by atoms with van der Waals surface area (Å²) < 4.78 is 12.7. The number of amides is 4. The summed E-state index contributed by atoms with van der Waals surface area (Å²) in [4.78, 5) is 66.5. The fourth-order valence-corrected chi connectivity index (χ4v) is 10.7. The van der Waals surface area contributed by atoms with E-state index in [9.17, 15) is 24.4 Å². The van der Waals surface area contributed by atoms with E-state index in [1.165, 1.54) is 0 Å². The van der Waals surface area contributed by atoms with Crippen LogP contribution in [0.5, 0.6) is 11.5 Å². The molecule has 322 valence electrons. The summed E-state index contributed by atoms with van der Waals surface area (Å²) >= 11 is 6.25. The Bertz CT molecular complexity index is 2230. The van der Waals surface area contributed by atoms with Crippen molar-refractivity contribution in [2.45, 2.75) is 123 Å². The number of halogens is 1. The van der Waals surface area contributed by atoms with E-state index in [1.54, 1.807) is 41.6 Å². The molecule has 4 heterocycles. The molecular weight excluding hydrogens is 796 g/mol. The monoisotopic (exact) mass is 850 g/mol. The van der Waals surface area contributed by atoms with Gasteiger partial charge in [0.2, 0.25) is 11.8 Å². The molecule has 8 rings (SSSR count). The number of benzene rings is 2. The highest BCUT2D eigenvalue weighted by atomic mass is 35.5. The molecule has 2 N–H and O–H groups in total. The molecule has 5 aliphatic rings. The summed E-state index contributed by atoms with van der Waals surface area (Å²) in [5.41, 5.74) is 1.30. The molecule has 1 aromatic heterocycles. The molecule has 3 aromatic rings. The summed E-state index contributed by atoms with van der Waals surface area (Å²) in [6.45, 7) is 15.9. The Morgan fingerprint density at radius 2 is 1.70 bits per heavy atom. The van der Waals surface area contributed by atoms with Crippen LogP contribution < -0.4 is 25.0 Å². The van der Waals surface area contributed by atoms with Gasteiger partial charge in [0.05, 0.1) is 23.0 Å². The zero-order chi connectivity index (χ0) is 43.4. The van der Waals surface area contributed by atoms with E-state index in [4.69, 9.17) is 21.1 Å². The van der Waals surface area contributed by atoms with Crippen LogP contribution in [0, 0.1) is 28.1 Å². The largest absolute Gasteiger partial charge is 0.490 e. The van der Waals surface area contributed by atoms with Gasteiger partial charge in [0, 0.05) is 86.0 Å². The van der Waals surface area contributed by atoms with Gasteiger partial charge in [0.1, 0.15) is 47.3 Å². The van der Waals surface area contributed by atoms with Crippen LogP contribution in [0.25, 0.3) is 0 Å². The smallest absolute Gasteiger partial charge is 0.271 e. The van der Waals surface area contributed by atoms with Gasteiger partial charge in [-0.15, -0.1) is 0 Å². The Morgan fingerprint density at radius 1 is 1.00 bits per heavy atom. The van der Waals surface area contributed by atoms with Crippen molar-refractivity contribution in [3.8, 4) is 17.6 Å². The molecule has 0 bridgehead atoms. The number of fused-ring (bicyclic) bond motifs is 1. The fourth-order valence-electron chi connectivity index (χ4n) is 10.5. The number of ether oxygens (including phenoxy) is 2. The SMILES string of the molecule is CC(C)N(CC1CCN(c2cnc(C(=O)NC3C(C)(C)C(Oc4ccc(C#N)c(Cl)c4)C3(C)C)cn2)CC1)C1CC(Oc2ccc3c(c2)C(=O)N(C2CCC(=O)NC2=O)C3)C1. The van der Waals surface area contributed by atoms with E-state index in [0.717, 1.165) is 56.7 Å². The molecule has 4 fully saturated rings. The number of aromatic nitrogens is 2. The lowest BCUT2D eigenvalue weighted by molar-refractivity contribution is -0.164. The molecule has 0 radical (unpaired) electrons. The number of anilines is 1. The van der Waals surface area contributed by atoms with Gasteiger partial charge in [-0.1, -0.05) is 45.4 Å². The highest BCUT2D eigenvalue weighted by molar-refractivity contribution is 6.31. The Kier molecular flexibility index (Phi) is 11.5. The number of carbonyl (C=O) groups excluding carboxylic acids is 4. The van der Waals surface area contributed by atoms with Gasteiger partial charge in [-0.2, -0.15) is 5.26 Å². The number of nitrogens with zero attached hydrogens (tertiary/aromatic N) is 6. The van der Waals surface area contributed by atoms with Crippen LogP contribution in [-0.4, -0.2) is 99.4 Å². The van der Waals surface area contributed by atoms with Crippen molar-refractivity contribution in [3.05, 3.63) is 76.2 Å². The van der Waals surface area contributed by atoms with Gasteiger partial charge in [-0.3, -0.25) is 29.4 Å². The maximum atomic E-state index is 13.5. The average molecular weight is 851 g/mol. The summed E-state index contributed by atoms with van der Waals surface area (Å²) in [6, 6.07) is 12.7. The quantitative estimate of drug-likeness (QED) is 0.208. The van der Waals surface area contributed by atoms with Crippen LogP contribution in [0.3, 0.4) is 0 Å². The zero-order valence-electron chi connectivity index (χ0n) is 35.7. The van der Waals surface area contributed by atoms with E-state index in [-0.39, 0.29) is 48.1 Å². The first-order valence-corrected chi connectivity index (χ1v) is 21.9. The zero-order valence-corrected chi connectivity index (χ0v) is 36.5. The molecule has 1 unspecified atom stereocenters. The van der Waals surface area contributed by atoms with E-state index in [2.05, 4.69) is 78.0 Å². The summed E-state index contributed by atoms with van der Waals surface area (Å²) in [6.07, 6.45) is 7.58. The topological polar surface area (TPSA) is 170 Å². The Morgan fingerprint density at radius 3 is 2.34 bits per heavy atom. The minimum atomic E-state index is -0.635. The Balaban J connectivity index is 0.788. The predicted molar refractivity (Wildman–Crippen MR) is 228 cm³/mol. The summed E-state index contributed by atoms with van der Waals surface area (Å²) in [5, 5.41) is 15.1. The van der Waals surface area contributed by atoms with Crippen molar-refractivity contribution in [1.29, 1.82) is 5.26 Å². The van der Waals surface area contributed by atoms with E-state index in [1.807, 2.05) is 12.1 Å². The maximum Gasteiger partial charge on any atom is 0.271 e. The lowest BCUT2D eigenvalue weighted by Crippen LogP contribution is -2.74. The van der Waals surface area contributed by atoms with Crippen LogP contribution >= 0.6 is 11.6 Å². The number of rotatable bonds is 12. The minimum absolute atomic E-state index is 0.0651. The third kappa shape index (κ3) is 8.26. The second-order valence-electron chi connectivity index (χ2n) is 18.9. The highest BCUT2D eigenvalue weighted by Crippen LogP contribution is 2.55. The molecule has 61 heavy (non-hydrogen) atoms. The third-order valence-electron chi connectivity index (χ3n) is 13.7. The number of piperidine rings is 2. The van der Waals surface area contributed by atoms with E-state index in [0.29, 0.717) is 58.6 Å². The summed E-state index contributed by atoms with van der Waals surface area (Å²) in [7, 11) is 0. The maximum absolute atomic E-state index is 13.5. The first kappa shape index (κ1) is 42.4. The fraction of sp³-hybridized carbons (Fsp3) is 0.543. The standard InChI is InChI=1S/C46H55ClN8O6/c1-26(2)54(30-17-33(18-30)60-31-10-8-29-25-55(42(59)34(29)19-31)37-11-12-39(56)51-41(37)58)24-27-13-15-53(16-14-27)38-23-49-36(22-50-38)40(57)52-43-45(3,4)44(46(43,5)6)61-32-9-7-28(21-48)35(47)20-32/h7-10,19-20,22-23,26-27,30,33,37,43-44H,11-18,24-25H2,1-6H3,(H,52,57)(H,51,56,58). The highest BCUT2D eigenvalue weighted by Gasteiger charge is 2.64. The van der Waals surface area contributed by atoms with Gasteiger partial charge in [0.25, 0.3) is 11.8 Å². The Hall–Kier alpha value is -5.26. The molecule has 3 aliphatic heterocycles. The molecule has 0 spiro atoms. The van der Waals surface area contributed by atoms with Crippen molar-refractivity contribution >= 4 is 41.0 Å². The van der Waals surface area contributed by atoms with Crippen molar-refractivity contribution in [3.63, 3.8) is 0 Å². The first-order chi connectivity index (χ1) is 29.0. The number of carbonyl (C=O) groups is 4. The third-order valence-corrected chi connectivity index (χ3v) is 14.0. The number of nitrogens with one attached hydrogen (secondary N) is 2. The van der Waals surface area contributed by atoms with E-state index < -0.39 is 22.8 Å². The molecular formula is C46H55ClN8O6. The molecule has 4 amide bonds. The van der Waals surface area contributed by atoms with Crippen LogP contribution in [0.1, 0.15) is 112 Å². The van der Waals surface area contributed by atoms with Crippen LogP contribution in [0.2, 0.25) is 5.02 Å². The predicted octanol–water partition coefficient (Wildman–Crippen LogP) is 5.91. The second kappa shape index (κ2) is 16.5. The number of nitriles is 1. The lowest BCUT2D eigenvalue weighted by Gasteiger charge is -2.63. The van der Waals surface area contributed by atoms with Crippen LogP contribution in [0.15, 0.2) is 48.8 Å². The van der Waals surface area contributed by atoms with Crippen molar-refractivity contribution in [1.82, 2.24) is 30.4 Å². The van der Waals surface area contributed by atoms with E-state index >= 15 is 0 Å². The first-order valence-electron chi connectivity index (χ1n) is 21.5. The molecule has 2 aliphatic carbocycles. The molecule has 15 heteroatoms. The normalized spacial score (nSPS) is 25.6. The second-order valence-corrected chi connectivity index (χ2v) is 19.3. The number of imide groups is 1. The molecule has 2 saturated heterocycles. The lowest BCUT2D eigenvalue weighted by atomic mass is 9.49. The van der Waals surface area contributed by atoms with Crippen LogP contribution in [-0.2, 0) is 16.1 Å². The minimum Gasteiger partial charge on any atom is -0.490 e. The Labute approximate surface area is 362 Å². The van der Waals surface area contributed by atoms with Gasteiger partial charge in [-0.25, -0.2) is 9.97 Å². The van der Waals surface area contributed by atoms with Gasteiger partial charge >= 0.3 is 0 Å². The van der Waals surface area contributed by atoms with Crippen molar-refractivity contribution < 1.29 is 28.7 Å². The van der Waals surface area contributed by atoms with Crippen LogP contribution in [0.4, 0.5) is 5.82 Å². The molecule has 14 nitrogen and oxygen atoms in total.